The minimum absolute atomic E-state index is 0.0533. The zero-order valence-corrected chi connectivity index (χ0v) is 16.0. The molecular formula is C22H22N2O5. The third-order valence-corrected chi connectivity index (χ3v) is 4.31. The quantitative estimate of drug-likeness (QED) is 0.529. The van der Waals surface area contributed by atoms with Crippen LogP contribution in [-0.4, -0.2) is 34.7 Å². The molecule has 150 valence electrons. The fraction of sp³-hybridized carbons (Fsp3) is 0.227. The smallest absolute Gasteiger partial charge is 0.357 e. The number of carboxylic acids is 1. The number of benzene rings is 2. The van der Waals surface area contributed by atoms with Gasteiger partial charge in [-0.3, -0.25) is 4.79 Å². The molecule has 29 heavy (non-hydrogen) atoms. The van der Waals surface area contributed by atoms with Crippen molar-refractivity contribution in [1.82, 2.24) is 4.98 Å². The molecule has 1 heterocycles. The zero-order valence-electron chi connectivity index (χ0n) is 16.0. The van der Waals surface area contributed by atoms with Crippen molar-refractivity contribution in [1.29, 1.82) is 0 Å². The topological polar surface area (TPSA) is 102 Å². The third-order valence-electron chi connectivity index (χ3n) is 4.31. The van der Waals surface area contributed by atoms with Crippen LogP contribution >= 0.6 is 0 Å². The molecule has 0 amide bonds. The van der Waals surface area contributed by atoms with E-state index in [1.165, 1.54) is 0 Å². The standard InChI is InChI=1S/C22H22N2O5/c1-2-28-20(25)13-18(23-22-24-19(14-29-22)21(26)27)12-15-8-10-17(11-9-15)16-6-4-3-5-7-16/h3-11,14,18H,2,12-13H2,1H3,(H,23,24)(H,26,27)/t18-/m1/s1. The number of nitrogens with one attached hydrogen (secondary N) is 1. The van der Waals surface area contributed by atoms with Gasteiger partial charge in [0.25, 0.3) is 6.01 Å². The minimum atomic E-state index is -1.18. The molecule has 0 spiro atoms. The van der Waals surface area contributed by atoms with Gasteiger partial charge in [0, 0.05) is 6.04 Å². The molecule has 2 aromatic carbocycles. The van der Waals surface area contributed by atoms with Gasteiger partial charge in [-0.15, -0.1) is 0 Å². The molecule has 0 unspecified atom stereocenters. The van der Waals surface area contributed by atoms with Crippen LogP contribution in [-0.2, 0) is 16.0 Å². The highest BCUT2D eigenvalue weighted by molar-refractivity contribution is 5.85. The molecule has 0 aliphatic carbocycles. The van der Waals surface area contributed by atoms with Gasteiger partial charge in [0.15, 0.2) is 5.69 Å². The Morgan fingerprint density at radius 1 is 1.10 bits per heavy atom. The summed E-state index contributed by atoms with van der Waals surface area (Å²) in [6.07, 6.45) is 1.67. The van der Waals surface area contributed by atoms with Crippen LogP contribution in [0.25, 0.3) is 11.1 Å². The average Bonchev–Trinajstić information content (AvgIpc) is 3.18. The number of esters is 1. The predicted octanol–water partition coefficient (Wildman–Crippen LogP) is 4.02. The van der Waals surface area contributed by atoms with Crippen molar-refractivity contribution in [2.75, 3.05) is 11.9 Å². The van der Waals surface area contributed by atoms with Crippen LogP contribution < -0.4 is 5.32 Å². The van der Waals surface area contributed by atoms with Gasteiger partial charge in [-0.1, -0.05) is 54.6 Å². The number of carboxylic acid groups (broad SMARTS) is 1. The van der Waals surface area contributed by atoms with Crippen LogP contribution in [0.15, 0.2) is 65.3 Å². The van der Waals surface area contributed by atoms with E-state index in [4.69, 9.17) is 14.3 Å². The Morgan fingerprint density at radius 3 is 2.41 bits per heavy atom. The third kappa shape index (κ3) is 5.68. The first-order chi connectivity index (χ1) is 14.0. The van der Waals surface area contributed by atoms with E-state index < -0.39 is 5.97 Å². The summed E-state index contributed by atoms with van der Waals surface area (Å²) < 4.78 is 10.2. The minimum Gasteiger partial charge on any atom is -0.476 e. The molecule has 0 radical (unpaired) electrons. The monoisotopic (exact) mass is 394 g/mol. The van der Waals surface area contributed by atoms with Gasteiger partial charge in [0.1, 0.15) is 6.26 Å². The van der Waals surface area contributed by atoms with Gasteiger partial charge in [0.2, 0.25) is 0 Å². The van der Waals surface area contributed by atoms with Crippen LogP contribution in [0.4, 0.5) is 6.01 Å². The van der Waals surface area contributed by atoms with Crippen LogP contribution in [0, 0.1) is 0 Å². The molecule has 3 rings (SSSR count). The maximum atomic E-state index is 12.0. The number of anilines is 1. The van der Waals surface area contributed by atoms with Crippen molar-refractivity contribution in [3.05, 3.63) is 72.1 Å². The Morgan fingerprint density at radius 2 is 1.79 bits per heavy atom. The van der Waals surface area contributed by atoms with Crippen molar-refractivity contribution in [2.24, 2.45) is 0 Å². The summed E-state index contributed by atoms with van der Waals surface area (Å²) >= 11 is 0. The molecular weight excluding hydrogens is 372 g/mol. The van der Waals surface area contributed by atoms with E-state index in [1.807, 2.05) is 54.6 Å². The number of hydrogen-bond donors (Lipinski definition) is 2. The molecule has 2 N–H and O–H groups in total. The largest absolute Gasteiger partial charge is 0.476 e. The van der Waals surface area contributed by atoms with Crippen molar-refractivity contribution >= 4 is 18.0 Å². The van der Waals surface area contributed by atoms with E-state index in [2.05, 4.69) is 10.3 Å². The number of rotatable bonds is 9. The Labute approximate surface area is 168 Å². The fourth-order valence-electron chi connectivity index (χ4n) is 2.96. The lowest BCUT2D eigenvalue weighted by molar-refractivity contribution is -0.143. The summed E-state index contributed by atoms with van der Waals surface area (Å²) in [6, 6.07) is 17.8. The molecule has 0 bridgehead atoms. The number of oxazole rings is 1. The molecule has 0 aliphatic rings. The Kier molecular flexibility index (Phi) is 6.63. The molecule has 1 atom stereocenters. The maximum absolute atomic E-state index is 12.0. The number of nitrogens with zero attached hydrogens (tertiary/aromatic N) is 1. The van der Waals surface area contributed by atoms with Gasteiger partial charge < -0.3 is 19.6 Å². The van der Waals surface area contributed by atoms with E-state index >= 15 is 0 Å². The van der Waals surface area contributed by atoms with Gasteiger partial charge in [-0.05, 0) is 30.0 Å². The van der Waals surface area contributed by atoms with Crippen LogP contribution in [0.1, 0.15) is 29.4 Å². The van der Waals surface area contributed by atoms with Gasteiger partial charge in [-0.2, -0.15) is 4.98 Å². The predicted molar refractivity (Wildman–Crippen MR) is 108 cm³/mol. The molecule has 3 aromatic rings. The molecule has 7 heteroatoms. The highest BCUT2D eigenvalue weighted by Crippen LogP contribution is 2.21. The second-order valence-electron chi connectivity index (χ2n) is 6.46. The second kappa shape index (κ2) is 9.54. The summed E-state index contributed by atoms with van der Waals surface area (Å²) in [4.78, 5) is 26.8. The van der Waals surface area contributed by atoms with Crippen LogP contribution in [0.2, 0.25) is 0 Å². The zero-order chi connectivity index (χ0) is 20.6. The van der Waals surface area contributed by atoms with Gasteiger partial charge in [0.05, 0.1) is 13.0 Å². The lowest BCUT2D eigenvalue weighted by Crippen LogP contribution is -2.27. The Balaban J connectivity index is 1.73. The molecule has 0 fully saturated rings. The maximum Gasteiger partial charge on any atom is 0.357 e. The summed E-state index contributed by atoms with van der Waals surface area (Å²) in [5.74, 6) is -1.53. The number of carbonyl (C=O) groups excluding carboxylic acids is 1. The number of carbonyl (C=O) groups is 2. The van der Waals surface area contributed by atoms with Crippen LogP contribution in [0.5, 0.6) is 0 Å². The fourth-order valence-corrected chi connectivity index (χ4v) is 2.96. The lowest BCUT2D eigenvalue weighted by atomic mass is 9.99. The highest BCUT2D eigenvalue weighted by atomic mass is 16.5. The molecule has 0 aliphatic heterocycles. The average molecular weight is 394 g/mol. The molecule has 1 aromatic heterocycles. The van der Waals surface area contributed by atoms with E-state index in [0.29, 0.717) is 13.0 Å². The molecule has 0 saturated carbocycles. The first-order valence-corrected chi connectivity index (χ1v) is 9.30. The summed E-state index contributed by atoms with van der Waals surface area (Å²) in [5, 5.41) is 12.0. The molecule has 0 saturated heterocycles. The second-order valence-corrected chi connectivity index (χ2v) is 6.46. The van der Waals surface area contributed by atoms with E-state index in [1.54, 1.807) is 6.92 Å². The van der Waals surface area contributed by atoms with Crippen molar-refractivity contribution in [3.63, 3.8) is 0 Å². The first-order valence-electron chi connectivity index (χ1n) is 9.30. The summed E-state index contributed by atoms with van der Waals surface area (Å²) in [5.41, 5.74) is 3.04. The summed E-state index contributed by atoms with van der Waals surface area (Å²) in [7, 11) is 0. The lowest BCUT2D eigenvalue weighted by Gasteiger charge is -2.17. The van der Waals surface area contributed by atoms with Crippen molar-refractivity contribution < 1.29 is 23.8 Å². The summed E-state index contributed by atoms with van der Waals surface area (Å²) in [6.45, 7) is 2.04. The molecule has 7 nitrogen and oxygen atoms in total. The van der Waals surface area contributed by atoms with E-state index in [0.717, 1.165) is 23.0 Å². The Bertz CT molecular complexity index is 951. The van der Waals surface area contributed by atoms with Crippen LogP contribution in [0.3, 0.4) is 0 Å². The highest BCUT2D eigenvalue weighted by Gasteiger charge is 2.19. The van der Waals surface area contributed by atoms with Gasteiger partial charge >= 0.3 is 11.9 Å². The number of hydrogen-bond acceptors (Lipinski definition) is 6. The van der Waals surface area contributed by atoms with E-state index in [9.17, 15) is 9.59 Å². The van der Waals surface area contributed by atoms with Crippen molar-refractivity contribution in [3.8, 4) is 11.1 Å². The van der Waals surface area contributed by atoms with Crippen molar-refractivity contribution in [2.45, 2.75) is 25.8 Å². The number of ether oxygens (including phenoxy) is 1. The Hall–Kier alpha value is -3.61. The van der Waals surface area contributed by atoms with E-state index in [-0.39, 0.29) is 30.1 Å². The first kappa shape index (κ1) is 20.1. The van der Waals surface area contributed by atoms with Gasteiger partial charge in [-0.25, -0.2) is 4.79 Å². The SMILES string of the molecule is CCOC(=O)C[C@@H](Cc1ccc(-c2ccccc2)cc1)Nc1nc(C(=O)O)co1. The normalized spacial score (nSPS) is 11.6. The number of aromatic carboxylic acids is 1. The number of aromatic nitrogens is 1.